The Morgan fingerprint density at radius 3 is 1.93 bits per heavy atom. The van der Waals surface area contributed by atoms with E-state index >= 15 is 0 Å². The van der Waals surface area contributed by atoms with Crippen LogP contribution in [0.3, 0.4) is 0 Å². The second-order valence-corrected chi connectivity index (χ2v) is 28.7. The van der Waals surface area contributed by atoms with E-state index in [2.05, 4.69) is 93.4 Å². The first-order chi connectivity index (χ1) is 52.6. The molecule has 1 unspecified atom stereocenters. The fourth-order valence-corrected chi connectivity index (χ4v) is 14.1. The van der Waals surface area contributed by atoms with Crippen LogP contribution in [-0.2, 0) is 44.9 Å². The van der Waals surface area contributed by atoms with E-state index in [0.717, 1.165) is 48.9 Å². The van der Waals surface area contributed by atoms with Crippen molar-refractivity contribution in [1.29, 1.82) is 0 Å². The Labute approximate surface area is 642 Å². The number of aliphatic carboxylic acids is 3. The molecule has 6 atom stereocenters. The van der Waals surface area contributed by atoms with Crippen molar-refractivity contribution in [2.75, 3.05) is 56.5 Å². The van der Waals surface area contributed by atoms with E-state index in [4.69, 9.17) is 17.2 Å². The maximum absolute atomic E-state index is 13.8. The largest absolute Gasteiger partial charge is 0.507 e. The summed E-state index contributed by atoms with van der Waals surface area (Å²) in [6, 6.07) is 23.0. The summed E-state index contributed by atoms with van der Waals surface area (Å²) < 4.78 is 0. The number of phenolic OH excluding ortho intramolecular Hbond substituents is 1. The lowest BCUT2D eigenvalue weighted by Crippen LogP contribution is -2.58. The number of alkyl halides is 1. The van der Waals surface area contributed by atoms with Crippen molar-refractivity contribution in [3.8, 4) is 5.75 Å². The van der Waals surface area contributed by atoms with Crippen LogP contribution in [0.1, 0.15) is 114 Å². The third kappa shape index (κ3) is 21.9. The van der Waals surface area contributed by atoms with Crippen molar-refractivity contribution >= 4 is 181 Å². The zero-order valence-electron chi connectivity index (χ0n) is 59.4. The normalized spacial score (nSPS) is 13.6. The van der Waals surface area contributed by atoms with Gasteiger partial charge in [0.2, 0.25) is 35.5 Å². The third-order valence-electron chi connectivity index (χ3n) is 17.1. The van der Waals surface area contributed by atoms with E-state index in [1.165, 1.54) is 17.0 Å². The number of anilines is 5. The number of aromatic amines is 3. The molecule has 4 aromatic heterocycles. The number of nitrogen functional groups attached to an aromatic ring is 1. The Hall–Kier alpha value is -12.3. The molecular formula is C72H80BrN19O16S2. The second-order valence-electron chi connectivity index (χ2n) is 25.3. The molecule has 9 aromatic rings. The lowest BCUT2D eigenvalue weighted by molar-refractivity contribution is -0.143. The monoisotopic (exact) mass is 1610 g/mol. The van der Waals surface area contributed by atoms with Crippen LogP contribution in [0.25, 0.3) is 43.7 Å². The van der Waals surface area contributed by atoms with Gasteiger partial charge in [0.15, 0.2) is 17.1 Å². The van der Waals surface area contributed by atoms with E-state index in [1.54, 1.807) is 73.3 Å². The van der Waals surface area contributed by atoms with Gasteiger partial charge < -0.3 is 95.0 Å². The summed E-state index contributed by atoms with van der Waals surface area (Å²) in [6.07, 6.45) is -0.475. The molecule has 0 radical (unpaired) electrons. The topological polar surface area (TPSA) is 562 Å². The number of carbonyl (C=O) groups excluding carboxylic acids is 8. The number of carboxylic acids is 3. The number of aromatic hydroxyl groups is 1. The highest BCUT2D eigenvalue weighted by atomic mass is 79.9. The molecule has 0 saturated carbocycles. The summed E-state index contributed by atoms with van der Waals surface area (Å²) >= 11 is 3.62. The Kier molecular flexibility index (Phi) is 28.2. The lowest BCUT2D eigenvalue weighted by Gasteiger charge is -2.25. The number of hydrogen-bond acceptors (Lipinski definition) is 21. The number of aliphatic imine (C=N–C) groups is 1. The second kappa shape index (κ2) is 38.0. The van der Waals surface area contributed by atoms with Crippen LogP contribution in [0.2, 0.25) is 0 Å². The molecule has 110 heavy (non-hydrogen) atoms. The quantitative estimate of drug-likeness (QED) is 0.00780. The number of carboxylic acid groups (broad SMARTS) is 3. The van der Waals surface area contributed by atoms with Gasteiger partial charge in [-0.05, 0) is 110 Å². The van der Waals surface area contributed by atoms with Crippen molar-refractivity contribution in [3.63, 3.8) is 0 Å². The maximum Gasteiger partial charge on any atom is 0.327 e. The zero-order valence-corrected chi connectivity index (χ0v) is 62.6. The highest BCUT2D eigenvalue weighted by Crippen LogP contribution is 2.46. The summed E-state index contributed by atoms with van der Waals surface area (Å²) in [5, 5.41) is 64.1. The Balaban J connectivity index is 0.000000272. The molecule has 0 saturated heterocycles. The molecule has 5 heterocycles. The number of fused-ring (bicyclic) bond motifs is 6. The number of hydrogen-bond donors (Lipinski definition) is 18. The standard InChI is InChI=1S/C38H52N14O12S2.C34H28BrN5O4/c1-3-65-66-17-25(36(63)64)50-34(61)24(14-28(56)57)49-32(59)22(5-4-12-42-37(39)40)48-33(60)23(13-27(54)55)47-26(53)11-6-18(2)45-31(58)19-7-9-20(10-8-19)43-15-21-16-44-30-29(46-21)35(62)52-38(41)51-30;1-2-31(42)36-21-7-9-25-18(11-21)13-27(38-25)33(43)37-22-8-10-26-19(12-22)14-28(39-26)34(44)40-17-20(16-35)32-24-6-4-3-5-23(24)30(41)15-29(32)40/h7-10,16,18,22-25,43H,3-6,11-15,17H2,1-2H3,(H,45,58)(H,47,53)(H,48,60)(H,49,59)(H,50,61)(H,54,55)(H,56,57)(H,63,64)(H4,39,40,42)(H3,41,44,51,52,62);3-15,20,38-39,41H,2,16-17H2,1H3,(H,36,42)(H,37,43)/t18-,22+,23+,24+,25+;/m1./s1. The first kappa shape index (κ1) is 81.8. The molecule has 5 aromatic carbocycles. The minimum Gasteiger partial charge on any atom is -0.507 e. The van der Waals surface area contributed by atoms with Crippen molar-refractivity contribution < 1.29 is 73.2 Å². The fraction of sp³-hybridized carbons (Fsp3) is 0.306. The molecule has 21 N–H and O–H groups in total. The van der Waals surface area contributed by atoms with Crippen LogP contribution >= 0.6 is 37.5 Å². The number of nitrogens with two attached hydrogens (primary N) is 3. The predicted octanol–water partition coefficient (Wildman–Crippen LogP) is 5.48. The highest BCUT2D eigenvalue weighted by molar-refractivity contribution is 9.09. The molecule has 38 heteroatoms. The van der Waals surface area contributed by atoms with E-state index in [-0.39, 0.29) is 103 Å². The average molecular weight is 1610 g/mol. The van der Waals surface area contributed by atoms with E-state index in [9.17, 15) is 78.0 Å². The first-order valence-electron chi connectivity index (χ1n) is 34.4. The summed E-state index contributed by atoms with van der Waals surface area (Å²) in [5.74, 6) is -9.17. The number of nitrogens with one attached hydrogen (secondary N) is 11. The number of carbonyl (C=O) groups is 11. The van der Waals surface area contributed by atoms with Gasteiger partial charge in [0.1, 0.15) is 41.3 Å². The van der Waals surface area contributed by atoms with Gasteiger partial charge >= 0.3 is 17.9 Å². The molecule has 578 valence electrons. The Morgan fingerprint density at radius 1 is 0.682 bits per heavy atom. The highest BCUT2D eigenvalue weighted by Gasteiger charge is 2.37. The molecule has 0 spiro atoms. The average Bonchev–Trinajstić information content (AvgIpc) is 1.58. The molecular weight excluding hydrogens is 1530 g/mol. The lowest BCUT2D eigenvalue weighted by atomic mass is 9.95. The number of H-pyrrole nitrogens is 3. The number of amides is 8. The molecule has 0 bridgehead atoms. The SMILES string of the molecule is CCC(=O)Nc1ccc2[nH]c(C(=O)Nc3ccc4[nH]c(C(=O)N5CC(CBr)c6c5cc(O)c5ccccc65)cc4c3)cc2c1.CCSSC[C@H](NC(=O)[C@H](CC(=O)O)NC(=O)[C@H](CCCN=C(N)N)NC(=O)[C@H](CC(=O)O)NC(=O)CC[C@@H](C)NC(=O)c1ccc(NCc2cnc3nc(N)[nH]c(=O)c3n2)cc1)C(=O)O. The molecule has 35 nitrogen and oxygen atoms in total. The number of aromatic nitrogens is 6. The minimum atomic E-state index is -1.80. The van der Waals surface area contributed by atoms with Crippen LogP contribution < -0.4 is 70.2 Å². The molecule has 8 amide bonds. The van der Waals surface area contributed by atoms with Gasteiger partial charge in [-0.3, -0.25) is 62.7 Å². The Morgan fingerprint density at radius 2 is 1.29 bits per heavy atom. The summed E-state index contributed by atoms with van der Waals surface area (Å²) in [7, 11) is 2.48. The van der Waals surface area contributed by atoms with Gasteiger partial charge in [0, 0.05) is 111 Å². The summed E-state index contributed by atoms with van der Waals surface area (Å²) in [5.41, 5.74) is 22.6. The van der Waals surface area contributed by atoms with Crippen molar-refractivity contribution in [2.24, 2.45) is 16.5 Å². The molecule has 0 fully saturated rings. The van der Waals surface area contributed by atoms with Crippen molar-refractivity contribution in [1.82, 2.24) is 56.5 Å². The minimum absolute atomic E-state index is 0.0228. The van der Waals surface area contributed by atoms with Crippen molar-refractivity contribution in [3.05, 3.63) is 148 Å². The predicted molar refractivity (Wildman–Crippen MR) is 420 cm³/mol. The molecule has 1 aliphatic rings. The van der Waals surface area contributed by atoms with Crippen LogP contribution in [0.15, 0.2) is 119 Å². The smallest absolute Gasteiger partial charge is 0.327 e. The molecule has 1 aliphatic heterocycles. The van der Waals surface area contributed by atoms with E-state index in [1.807, 2.05) is 55.5 Å². The number of benzene rings is 5. The first-order valence-corrected chi connectivity index (χ1v) is 38.0. The van der Waals surface area contributed by atoms with Gasteiger partial charge in [-0.1, -0.05) is 75.6 Å². The summed E-state index contributed by atoms with van der Waals surface area (Å²) in [4.78, 5) is 179. The van der Waals surface area contributed by atoms with Gasteiger partial charge in [-0.2, -0.15) is 4.98 Å². The van der Waals surface area contributed by atoms with E-state index in [0.29, 0.717) is 63.9 Å². The zero-order chi connectivity index (χ0) is 79.5. The van der Waals surface area contributed by atoms with Gasteiger partial charge in [0.25, 0.3) is 23.3 Å². The number of nitrogens with zero attached hydrogens (tertiary/aromatic N) is 5. The maximum atomic E-state index is 13.8. The number of guanidine groups is 1. The van der Waals surface area contributed by atoms with Crippen LogP contribution in [-0.4, -0.2) is 182 Å². The molecule has 0 aliphatic carbocycles. The van der Waals surface area contributed by atoms with Gasteiger partial charge in [-0.25, -0.2) is 14.8 Å². The molecule has 10 rings (SSSR count). The van der Waals surface area contributed by atoms with Crippen LogP contribution in [0.4, 0.5) is 28.7 Å². The van der Waals surface area contributed by atoms with Gasteiger partial charge in [0.05, 0.1) is 37.0 Å². The number of rotatable bonds is 34. The van der Waals surface area contributed by atoms with Crippen LogP contribution in [0.5, 0.6) is 5.75 Å². The number of halogens is 1. The Bertz CT molecular complexity index is 5070. The fourth-order valence-electron chi connectivity index (χ4n) is 11.7. The van der Waals surface area contributed by atoms with Crippen molar-refractivity contribution in [2.45, 2.75) is 108 Å². The number of phenols is 1. The summed E-state index contributed by atoms with van der Waals surface area (Å²) in [6.45, 7) is 5.88. The van der Waals surface area contributed by atoms with Crippen LogP contribution in [0, 0.1) is 0 Å². The van der Waals surface area contributed by atoms with Gasteiger partial charge in [-0.15, -0.1) is 0 Å². The van der Waals surface area contributed by atoms with E-state index < -0.39 is 96.1 Å². The third-order valence-corrected chi connectivity index (χ3v) is 20.4.